The number of hydrogen-bond donors (Lipinski definition) is 1. The summed E-state index contributed by atoms with van der Waals surface area (Å²) in [6, 6.07) is 3.06. The first-order valence-electron chi connectivity index (χ1n) is 4.86. The first-order chi connectivity index (χ1) is 7.00. The van der Waals surface area contributed by atoms with Crippen molar-refractivity contribution in [3.63, 3.8) is 0 Å². The second-order valence-electron chi connectivity index (χ2n) is 3.75. The molecule has 1 rings (SSSR count). The fourth-order valence-corrected chi connectivity index (χ4v) is 0.927. The molecule has 1 aromatic heterocycles. The Morgan fingerprint density at radius 1 is 1.40 bits per heavy atom. The van der Waals surface area contributed by atoms with Crippen LogP contribution in [0.25, 0.3) is 0 Å². The number of aromatic nitrogens is 1. The summed E-state index contributed by atoms with van der Waals surface area (Å²) in [5, 5.41) is 8.64. The van der Waals surface area contributed by atoms with Crippen molar-refractivity contribution in [3.8, 4) is 5.75 Å². The van der Waals surface area contributed by atoms with E-state index in [-0.39, 0.29) is 11.8 Å². The third-order valence-electron chi connectivity index (χ3n) is 2.22. The van der Waals surface area contributed by atoms with Crippen molar-refractivity contribution in [1.82, 2.24) is 4.98 Å². The predicted octanol–water partition coefficient (Wildman–Crippen LogP) is 2.20. The molecular weight excluding hydrogens is 194 g/mol. The van der Waals surface area contributed by atoms with Gasteiger partial charge in [-0.1, -0.05) is 13.8 Å². The van der Waals surface area contributed by atoms with Crippen molar-refractivity contribution in [3.05, 3.63) is 24.0 Å². The van der Waals surface area contributed by atoms with Gasteiger partial charge in [0, 0.05) is 0 Å². The number of aromatic carboxylic acids is 1. The van der Waals surface area contributed by atoms with E-state index in [0.29, 0.717) is 11.7 Å². The summed E-state index contributed by atoms with van der Waals surface area (Å²) in [6.07, 6.45) is 1.52. The maximum absolute atomic E-state index is 10.5. The fraction of sp³-hybridized carbons (Fsp3) is 0.455. The molecule has 0 aromatic carbocycles. The van der Waals surface area contributed by atoms with Gasteiger partial charge < -0.3 is 9.84 Å². The molecule has 0 amide bonds. The first kappa shape index (κ1) is 11.5. The molecule has 0 saturated heterocycles. The topological polar surface area (TPSA) is 59.4 Å². The minimum atomic E-state index is -1.03. The van der Waals surface area contributed by atoms with Gasteiger partial charge in [-0.2, -0.15) is 0 Å². The van der Waals surface area contributed by atoms with Gasteiger partial charge in [-0.15, -0.1) is 0 Å². The van der Waals surface area contributed by atoms with E-state index in [1.165, 1.54) is 12.3 Å². The predicted molar refractivity (Wildman–Crippen MR) is 56.1 cm³/mol. The van der Waals surface area contributed by atoms with E-state index in [2.05, 4.69) is 18.8 Å². The van der Waals surface area contributed by atoms with Gasteiger partial charge in [-0.3, -0.25) is 0 Å². The highest BCUT2D eigenvalue weighted by Gasteiger charge is 2.09. The first-order valence-corrected chi connectivity index (χ1v) is 4.86. The van der Waals surface area contributed by atoms with Crippen molar-refractivity contribution < 1.29 is 14.6 Å². The van der Waals surface area contributed by atoms with Crippen molar-refractivity contribution >= 4 is 5.97 Å². The van der Waals surface area contributed by atoms with Crippen molar-refractivity contribution in [2.24, 2.45) is 5.92 Å². The molecule has 4 heteroatoms. The lowest BCUT2D eigenvalue weighted by atomic mass is 10.1. The van der Waals surface area contributed by atoms with Crippen LogP contribution in [0.15, 0.2) is 18.3 Å². The Kier molecular flexibility index (Phi) is 3.66. The van der Waals surface area contributed by atoms with Crippen LogP contribution in [0.2, 0.25) is 0 Å². The van der Waals surface area contributed by atoms with Crippen LogP contribution in [0.3, 0.4) is 0 Å². The lowest BCUT2D eigenvalue weighted by Gasteiger charge is -2.17. The number of hydrogen-bond acceptors (Lipinski definition) is 3. The van der Waals surface area contributed by atoms with Crippen LogP contribution in [0.4, 0.5) is 0 Å². The molecular formula is C11H15NO3. The van der Waals surface area contributed by atoms with Gasteiger partial charge in [-0.05, 0) is 25.0 Å². The molecule has 0 fully saturated rings. The standard InChI is InChI=1S/C11H15NO3/c1-7(2)8(3)15-9-4-5-10(11(13)14)12-6-9/h4-8H,1-3H3,(H,13,14). The number of pyridine rings is 1. The molecule has 1 aromatic rings. The van der Waals surface area contributed by atoms with E-state index in [0.717, 1.165) is 0 Å². The van der Waals surface area contributed by atoms with Crippen LogP contribution >= 0.6 is 0 Å². The molecule has 1 N–H and O–H groups in total. The second kappa shape index (κ2) is 4.77. The average Bonchev–Trinajstić information content (AvgIpc) is 2.18. The third-order valence-corrected chi connectivity index (χ3v) is 2.22. The molecule has 0 spiro atoms. The highest BCUT2D eigenvalue weighted by atomic mass is 16.5. The summed E-state index contributed by atoms with van der Waals surface area (Å²) in [4.78, 5) is 14.3. The summed E-state index contributed by atoms with van der Waals surface area (Å²) in [7, 11) is 0. The zero-order valence-electron chi connectivity index (χ0n) is 9.10. The Morgan fingerprint density at radius 2 is 2.07 bits per heavy atom. The largest absolute Gasteiger partial charge is 0.489 e. The van der Waals surface area contributed by atoms with E-state index in [9.17, 15) is 4.79 Å². The average molecular weight is 209 g/mol. The number of carboxylic acids is 1. The number of ether oxygens (including phenoxy) is 1. The lowest BCUT2D eigenvalue weighted by molar-refractivity contribution is 0.0690. The Balaban J connectivity index is 2.68. The third kappa shape index (κ3) is 3.23. The van der Waals surface area contributed by atoms with Crippen molar-refractivity contribution in [2.45, 2.75) is 26.9 Å². The number of carbonyl (C=O) groups is 1. The Bertz CT molecular complexity index is 332. The quantitative estimate of drug-likeness (QED) is 0.825. The maximum Gasteiger partial charge on any atom is 0.354 e. The Labute approximate surface area is 88.9 Å². The summed E-state index contributed by atoms with van der Waals surface area (Å²) in [5.41, 5.74) is 0.0274. The molecule has 0 bridgehead atoms. The van der Waals surface area contributed by atoms with Crippen LogP contribution in [0, 0.1) is 5.92 Å². The zero-order valence-corrected chi connectivity index (χ0v) is 9.10. The van der Waals surface area contributed by atoms with Crippen LogP contribution < -0.4 is 4.74 Å². The van der Waals surface area contributed by atoms with Gasteiger partial charge in [0.1, 0.15) is 11.4 Å². The normalized spacial score (nSPS) is 12.5. The molecule has 0 aliphatic heterocycles. The van der Waals surface area contributed by atoms with Crippen molar-refractivity contribution in [1.29, 1.82) is 0 Å². The Hall–Kier alpha value is -1.58. The monoisotopic (exact) mass is 209 g/mol. The molecule has 1 heterocycles. The van der Waals surface area contributed by atoms with Gasteiger partial charge in [0.15, 0.2) is 0 Å². The van der Waals surface area contributed by atoms with Gasteiger partial charge >= 0.3 is 5.97 Å². The zero-order chi connectivity index (χ0) is 11.4. The van der Waals surface area contributed by atoms with Gasteiger partial charge in [0.2, 0.25) is 0 Å². The minimum Gasteiger partial charge on any atom is -0.489 e. The molecule has 82 valence electrons. The van der Waals surface area contributed by atoms with Gasteiger partial charge in [-0.25, -0.2) is 9.78 Å². The molecule has 1 unspecified atom stereocenters. The number of carboxylic acid groups (broad SMARTS) is 1. The van der Waals surface area contributed by atoms with Gasteiger partial charge in [0.05, 0.1) is 12.3 Å². The van der Waals surface area contributed by atoms with Crippen LogP contribution in [-0.4, -0.2) is 22.2 Å². The smallest absolute Gasteiger partial charge is 0.354 e. The highest BCUT2D eigenvalue weighted by Crippen LogP contribution is 2.14. The Morgan fingerprint density at radius 3 is 2.47 bits per heavy atom. The molecule has 0 saturated carbocycles. The summed E-state index contributed by atoms with van der Waals surface area (Å²) < 4.78 is 5.56. The molecule has 4 nitrogen and oxygen atoms in total. The number of rotatable bonds is 4. The van der Waals surface area contributed by atoms with E-state index in [1.54, 1.807) is 6.07 Å². The molecule has 0 aliphatic rings. The maximum atomic E-state index is 10.5. The van der Waals surface area contributed by atoms with Crippen LogP contribution in [0.5, 0.6) is 5.75 Å². The van der Waals surface area contributed by atoms with Gasteiger partial charge in [0.25, 0.3) is 0 Å². The summed E-state index contributed by atoms with van der Waals surface area (Å²) >= 11 is 0. The van der Waals surface area contributed by atoms with E-state index in [4.69, 9.17) is 9.84 Å². The molecule has 1 atom stereocenters. The second-order valence-corrected chi connectivity index (χ2v) is 3.75. The SMILES string of the molecule is CC(C)C(C)Oc1ccc(C(=O)O)nc1. The number of nitrogens with zero attached hydrogens (tertiary/aromatic N) is 1. The minimum absolute atomic E-state index is 0.0274. The fourth-order valence-electron chi connectivity index (χ4n) is 0.927. The van der Waals surface area contributed by atoms with Crippen LogP contribution in [0.1, 0.15) is 31.3 Å². The van der Waals surface area contributed by atoms with E-state index in [1.807, 2.05) is 6.92 Å². The van der Waals surface area contributed by atoms with Crippen LogP contribution in [-0.2, 0) is 0 Å². The summed E-state index contributed by atoms with van der Waals surface area (Å²) in [5.74, 6) is -0.0243. The van der Waals surface area contributed by atoms with E-state index < -0.39 is 5.97 Å². The molecule has 15 heavy (non-hydrogen) atoms. The molecule has 0 radical (unpaired) electrons. The highest BCUT2D eigenvalue weighted by molar-refractivity contribution is 5.85. The van der Waals surface area contributed by atoms with E-state index >= 15 is 0 Å². The lowest BCUT2D eigenvalue weighted by Crippen LogP contribution is -2.18. The van der Waals surface area contributed by atoms with Crippen molar-refractivity contribution in [2.75, 3.05) is 0 Å². The summed E-state index contributed by atoms with van der Waals surface area (Å²) in [6.45, 7) is 6.09. The molecule has 0 aliphatic carbocycles.